The molecule has 0 saturated heterocycles. The Morgan fingerprint density at radius 1 is 1.25 bits per heavy atom. The molecule has 1 unspecified atom stereocenters. The lowest BCUT2D eigenvalue weighted by Gasteiger charge is -2.21. The van der Waals surface area contributed by atoms with Gasteiger partial charge in [0.2, 0.25) is 0 Å². The summed E-state index contributed by atoms with van der Waals surface area (Å²) in [5, 5.41) is 0. The molecule has 0 aliphatic carbocycles. The molecular weight excluding hydrogens is 214 g/mol. The van der Waals surface area contributed by atoms with Gasteiger partial charge in [-0.25, -0.2) is 8.78 Å². The van der Waals surface area contributed by atoms with Crippen molar-refractivity contribution >= 4 is 0 Å². The van der Waals surface area contributed by atoms with E-state index in [0.717, 1.165) is 19.3 Å². The number of halogens is 2. The van der Waals surface area contributed by atoms with Crippen LogP contribution in [-0.2, 0) is 4.74 Å². The van der Waals surface area contributed by atoms with Gasteiger partial charge in [0, 0.05) is 12.6 Å². The molecule has 5 heteroatoms. The number of hydrogen-bond acceptors (Lipinski definition) is 3. The highest BCUT2D eigenvalue weighted by Gasteiger charge is 2.13. The molecule has 98 valence electrons. The maximum Gasteiger partial charge on any atom is 0.261 e. The van der Waals surface area contributed by atoms with Crippen molar-refractivity contribution in [2.75, 3.05) is 13.2 Å². The molecule has 16 heavy (non-hydrogen) atoms. The van der Waals surface area contributed by atoms with Crippen molar-refractivity contribution in [3.8, 4) is 0 Å². The summed E-state index contributed by atoms with van der Waals surface area (Å²) in [6.07, 6.45) is 1.50. The van der Waals surface area contributed by atoms with Crippen molar-refractivity contribution < 1.29 is 13.5 Å². The van der Waals surface area contributed by atoms with Crippen molar-refractivity contribution in [2.45, 2.75) is 52.0 Å². The molecule has 0 aromatic rings. The van der Waals surface area contributed by atoms with E-state index in [2.05, 4.69) is 19.3 Å². The number of nitrogens with two attached hydrogens (primary N) is 1. The zero-order chi connectivity index (χ0) is 12.4. The third kappa shape index (κ3) is 7.96. The van der Waals surface area contributed by atoms with Crippen LogP contribution in [-0.4, -0.2) is 25.7 Å². The van der Waals surface area contributed by atoms with E-state index in [0.29, 0.717) is 18.9 Å². The lowest BCUT2D eigenvalue weighted by molar-refractivity contribution is 0.0137. The van der Waals surface area contributed by atoms with Gasteiger partial charge in [0.15, 0.2) is 0 Å². The maximum absolute atomic E-state index is 11.8. The van der Waals surface area contributed by atoms with Crippen LogP contribution in [0.3, 0.4) is 0 Å². The molecule has 0 aromatic heterocycles. The molecule has 0 radical (unpaired) electrons. The predicted molar refractivity (Wildman–Crippen MR) is 61.2 cm³/mol. The summed E-state index contributed by atoms with van der Waals surface area (Å²) in [5.74, 6) is 6.05. The van der Waals surface area contributed by atoms with Crippen LogP contribution >= 0.6 is 0 Å². The fraction of sp³-hybridized carbons (Fsp3) is 1.00. The molecule has 0 heterocycles. The van der Waals surface area contributed by atoms with Gasteiger partial charge in [-0.1, -0.05) is 26.7 Å². The van der Waals surface area contributed by atoms with Crippen LogP contribution in [0.5, 0.6) is 0 Å². The molecule has 0 spiro atoms. The molecule has 3 nitrogen and oxygen atoms in total. The third-order valence-corrected chi connectivity index (χ3v) is 2.86. The number of alkyl halides is 2. The second kappa shape index (κ2) is 9.93. The molecule has 0 saturated carbocycles. The van der Waals surface area contributed by atoms with Crippen molar-refractivity contribution in [3.05, 3.63) is 0 Å². The Labute approximate surface area is 96.7 Å². The average Bonchev–Trinajstić information content (AvgIpc) is 2.28. The average molecular weight is 238 g/mol. The van der Waals surface area contributed by atoms with E-state index in [4.69, 9.17) is 10.6 Å². The molecular formula is C11H24F2N2O. The smallest absolute Gasteiger partial charge is 0.261 e. The lowest BCUT2D eigenvalue weighted by atomic mass is 9.94. The molecule has 0 fully saturated rings. The third-order valence-electron chi connectivity index (χ3n) is 2.86. The Morgan fingerprint density at radius 2 is 1.88 bits per heavy atom. The molecule has 0 rings (SSSR count). The zero-order valence-corrected chi connectivity index (χ0v) is 10.2. The van der Waals surface area contributed by atoms with Gasteiger partial charge in [0.05, 0.1) is 0 Å². The van der Waals surface area contributed by atoms with Gasteiger partial charge in [-0.2, -0.15) is 0 Å². The summed E-state index contributed by atoms with van der Waals surface area (Å²) in [4.78, 5) is 0. The fourth-order valence-corrected chi connectivity index (χ4v) is 1.69. The minimum atomic E-state index is -2.39. The van der Waals surface area contributed by atoms with Gasteiger partial charge in [-0.15, -0.1) is 0 Å². The van der Waals surface area contributed by atoms with E-state index in [1.165, 1.54) is 0 Å². The summed E-state index contributed by atoms with van der Waals surface area (Å²) in [6, 6.07) is 0.155. The first kappa shape index (κ1) is 15.7. The number of rotatable bonds is 10. The van der Waals surface area contributed by atoms with Crippen molar-refractivity contribution in [3.63, 3.8) is 0 Å². The van der Waals surface area contributed by atoms with Gasteiger partial charge in [0.1, 0.15) is 6.61 Å². The monoisotopic (exact) mass is 238 g/mol. The number of nitrogens with one attached hydrogen (secondary N) is 1. The second-order valence-electron chi connectivity index (χ2n) is 4.04. The SMILES string of the molecule is CCC(CC)CC(CCOCC(F)F)NN. The van der Waals surface area contributed by atoms with Crippen molar-refractivity contribution in [2.24, 2.45) is 11.8 Å². The summed E-state index contributed by atoms with van der Waals surface area (Å²) >= 11 is 0. The van der Waals surface area contributed by atoms with Gasteiger partial charge < -0.3 is 4.74 Å². The van der Waals surface area contributed by atoms with Crippen LogP contribution in [0.25, 0.3) is 0 Å². The fourth-order valence-electron chi connectivity index (χ4n) is 1.69. The minimum Gasteiger partial charge on any atom is -0.375 e. The largest absolute Gasteiger partial charge is 0.375 e. The van der Waals surface area contributed by atoms with Crippen LogP contribution in [0.1, 0.15) is 39.5 Å². The number of hydrazine groups is 1. The first-order chi connectivity index (χ1) is 7.63. The first-order valence-corrected chi connectivity index (χ1v) is 5.95. The van der Waals surface area contributed by atoms with Crippen LogP contribution in [0.4, 0.5) is 8.78 Å². The Morgan fingerprint density at radius 3 is 2.31 bits per heavy atom. The molecule has 0 aliphatic heterocycles. The van der Waals surface area contributed by atoms with E-state index < -0.39 is 13.0 Å². The number of hydrogen-bond donors (Lipinski definition) is 2. The standard InChI is InChI=1S/C11H24F2N2O/c1-3-9(4-2)7-10(15-14)5-6-16-8-11(12)13/h9-11,15H,3-8,14H2,1-2H3. The van der Waals surface area contributed by atoms with E-state index in [-0.39, 0.29) is 6.04 Å². The van der Waals surface area contributed by atoms with Crippen LogP contribution < -0.4 is 11.3 Å². The van der Waals surface area contributed by atoms with Crippen LogP contribution in [0, 0.1) is 5.92 Å². The van der Waals surface area contributed by atoms with Gasteiger partial charge in [-0.3, -0.25) is 11.3 Å². The Kier molecular flexibility index (Phi) is 9.77. The Bertz CT molecular complexity index is 155. The highest BCUT2D eigenvalue weighted by atomic mass is 19.3. The predicted octanol–water partition coefficient (Wildman–Crippen LogP) is 2.32. The molecule has 0 bridgehead atoms. The first-order valence-electron chi connectivity index (χ1n) is 5.95. The Balaban J connectivity index is 3.65. The summed E-state index contributed by atoms with van der Waals surface area (Å²) in [7, 11) is 0. The molecule has 3 N–H and O–H groups in total. The highest BCUT2D eigenvalue weighted by Crippen LogP contribution is 2.16. The minimum absolute atomic E-state index is 0.155. The van der Waals surface area contributed by atoms with Crippen molar-refractivity contribution in [1.29, 1.82) is 0 Å². The normalized spacial score (nSPS) is 13.7. The number of ether oxygens (including phenoxy) is 1. The van der Waals surface area contributed by atoms with Crippen LogP contribution in [0.15, 0.2) is 0 Å². The molecule has 0 aliphatic rings. The summed E-state index contributed by atoms with van der Waals surface area (Å²) in [5.41, 5.74) is 2.72. The van der Waals surface area contributed by atoms with Gasteiger partial charge in [0.25, 0.3) is 6.43 Å². The molecule has 0 amide bonds. The molecule has 0 aromatic carbocycles. The zero-order valence-electron chi connectivity index (χ0n) is 10.2. The molecule has 1 atom stereocenters. The Hall–Kier alpha value is -0.260. The highest BCUT2D eigenvalue weighted by molar-refractivity contribution is 4.68. The second-order valence-corrected chi connectivity index (χ2v) is 4.04. The lowest BCUT2D eigenvalue weighted by Crippen LogP contribution is -2.37. The van der Waals surface area contributed by atoms with Crippen LogP contribution in [0.2, 0.25) is 0 Å². The quantitative estimate of drug-likeness (QED) is 0.349. The van der Waals surface area contributed by atoms with E-state index in [1.807, 2.05) is 0 Å². The van der Waals surface area contributed by atoms with E-state index in [1.54, 1.807) is 0 Å². The van der Waals surface area contributed by atoms with Gasteiger partial charge >= 0.3 is 0 Å². The topological polar surface area (TPSA) is 47.3 Å². The van der Waals surface area contributed by atoms with Crippen molar-refractivity contribution in [1.82, 2.24) is 5.43 Å². The van der Waals surface area contributed by atoms with E-state index >= 15 is 0 Å². The summed E-state index contributed by atoms with van der Waals surface area (Å²) < 4.78 is 28.4. The summed E-state index contributed by atoms with van der Waals surface area (Å²) in [6.45, 7) is 4.14. The maximum atomic E-state index is 11.8. The van der Waals surface area contributed by atoms with E-state index in [9.17, 15) is 8.78 Å². The van der Waals surface area contributed by atoms with Gasteiger partial charge in [-0.05, 0) is 18.8 Å².